The van der Waals surface area contributed by atoms with Crippen molar-refractivity contribution in [2.24, 2.45) is 0 Å². The fraction of sp³-hybridized carbons (Fsp3) is 0.0149. The van der Waals surface area contributed by atoms with E-state index in [9.17, 15) is 0 Å². The number of furan rings is 1. The van der Waals surface area contributed by atoms with Gasteiger partial charge in [0.1, 0.15) is 11.2 Å². The van der Waals surface area contributed by atoms with Gasteiger partial charge in [0, 0.05) is 27.7 Å². The number of benzene rings is 11. The predicted octanol–water partition coefficient (Wildman–Crippen LogP) is 18.1. The molecule has 0 saturated heterocycles. The molecule has 12 aromatic rings. The molecular formula is C67H45NO. The van der Waals surface area contributed by atoms with E-state index in [0.29, 0.717) is 0 Å². The Balaban J connectivity index is 0.989. The minimum atomic E-state index is -0.509. The van der Waals surface area contributed by atoms with Crippen LogP contribution >= 0.6 is 0 Å². The number of nitrogens with zero attached hydrogens (tertiary/aromatic N) is 1. The molecule has 0 bridgehead atoms. The molecule has 11 aromatic carbocycles. The average molecular weight is 880 g/mol. The molecule has 1 aromatic heterocycles. The second kappa shape index (κ2) is 16.7. The fourth-order valence-electron chi connectivity index (χ4n) is 11.1. The van der Waals surface area contributed by atoms with Crippen LogP contribution in [0.4, 0.5) is 17.1 Å². The van der Waals surface area contributed by atoms with E-state index in [1.165, 1.54) is 50.1 Å². The van der Waals surface area contributed by atoms with Gasteiger partial charge in [-0.15, -0.1) is 0 Å². The highest BCUT2D eigenvalue weighted by Gasteiger charge is 2.47. The van der Waals surface area contributed by atoms with E-state index in [-0.39, 0.29) is 0 Å². The summed E-state index contributed by atoms with van der Waals surface area (Å²) in [6.45, 7) is 0. The first-order chi connectivity index (χ1) is 34.2. The minimum absolute atomic E-state index is 0.509. The molecule has 1 heterocycles. The minimum Gasteiger partial charge on any atom is -0.456 e. The third-order valence-electron chi connectivity index (χ3n) is 14.2. The van der Waals surface area contributed by atoms with E-state index in [2.05, 4.69) is 266 Å². The molecule has 69 heavy (non-hydrogen) atoms. The summed E-state index contributed by atoms with van der Waals surface area (Å²) in [4.78, 5) is 2.44. The smallest absolute Gasteiger partial charge is 0.135 e. The highest BCUT2D eigenvalue weighted by atomic mass is 16.3. The molecule has 0 unspecified atom stereocenters. The zero-order chi connectivity index (χ0) is 45.7. The molecule has 0 amide bonds. The van der Waals surface area contributed by atoms with E-state index < -0.39 is 5.41 Å². The number of rotatable bonds is 9. The van der Waals surface area contributed by atoms with Gasteiger partial charge in [0.05, 0.1) is 11.1 Å². The molecule has 0 radical (unpaired) electrons. The second-order valence-electron chi connectivity index (χ2n) is 18.0. The summed E-state index contributed by atoms with van der Waals surface area (Å²) < 4.78 is 6.20. The SMILES string of the molecule is c1ccc(-c2ccc(-c3cccc(N(c4ccc(-c5ccc6oc7ccccc7c6c5)cc4)c4ccccc4-c4cccc5c4-c4ccccc4C5(c4ccccc4)c4ccccc4)c3)cc2)cc1. The maximum Gasteiger partial charge on any atom is 0.135 e. The lowest BCUT2D eigenvalue weighted by Gasteiger charge is -2.34. The molecule has 1 aliphatic rings. The lowest BCUT2D eigenvalue weighted by molar-refractivity contribution is 0.669. The predicted molar refractivity (Wildman–Crippen MR) is 287 cm³/mol. The highest BCUT2D eigenvalue weighted by Crippen LogP contribution is 2.59. The third kappa shape index (κ3) is 6.72. The van der Waals surface area contributed by atoms with Crippen LogP contribution in [-0.2, 0) is 5.41 Å². The summed E-state index contributed by atoms with van der Waals surface area (Å²) in [7, 11) is 0. The molecule has 0 atom stereocenters. The molecule has 0 fully saturated rings. The van der Waals surface area contributed by atoms with Crippen molar-refractivity contribution in [1.82, 2.24) is 0 Å². The lowest BCUT2D eigenvalue weighted by atomic mass is 9.67. The van der Waals surface area contributed by atoms with Crippen molar-refractivity contribution in [3.63, 3.8) is 0 Å². The summed E-state index contributed by atoms with van der Waals surface area (Å²) in [5, 5.41) is 2.25. The van der Waals surface area contributed by atoms with Gasteiger partial charge in [-0.25, -0.2) is 0 Å². The van der Waals surface area contributed by atoms with Gasteiger partial charge in [0.15, 0.2) is 0 Å². The Morgan fingerprint density at radius 1 is 0.290 bits per heavy atom. The molecular weight excluding hydrogens is 835 g/mol. The highest BCUT2D eigenvalue weighted by molar-refractivity contribution is 6.06. The van der Waals surface area contributed by atoms with Gasteiger partial charge in [-0.1, -0.05) is 224 Å². The Labute approximate surface area is 402 Å². The number of hydrogen-bond acceptors (Lipinski definition) is 2. The Kier molecular flexibility index (Phi) is 9.77. The Bertz CT molecular complexity index is 3780. The summed E-state index contributed by atoms with van der Waals surface area (Å²) >= 11 is 0. The second-order valence-corrected chi connectivity index (χ2v) is 18.0. The van der Waals surface area contributed by atoms with Crippen molar-refractivity contribution in [3.05, 3.63) is 295 Å². The summed E-state index contributed by atoms with van der Waals surface area (Å²) in [6, 6.07) is 99.4. The van der Waals surface area contributed by atoms with Crippen LogP contribution in [0.1, 0.15) is 22.3 Å². The lowest BCUT2D eigenvalue weighted by Crippen LogP contribution is -2.28. The monoisotopic (exact) mass is 879 g/mol. The number of hydrogen-bond donors (Lipinski definition) is 0. The van der Waals surface area contributed by atoms with Gasteiger partial charge < -0.3 is 9.32 Å². The number of anilines is 3. The summed E-state index contributed by atoms with van der Waals surface area (Å²) in [5.74, 6) is 0. The Morgan fingerprint density at radius 3 is 1.52 bits per heavy atom. The van der Waals surface area contributed by atoms with E-state index in [1.807, 2.05) is 12.1 Å². The molecule has 0 N–H and O–H groups in total. The van der Waals surface area contributed by atoms with Gasteiger partial charge in [-0.3, -0.25) is 0 Å². The molecule has 1 aliphatic carbocycles. The summed E-state index contributed by atoms with van der Waals surface area (Å²) in [6.07, 6.45) is 0. The van der Waals surface area contributed by atoms with Crippen molar-refractivity contribution in [2.45, 2.75) is 5.41 Å². The van der Waals surface area contributed by atoms with Crippen molar-refractivity contribution in [1.29, 1.82) is 0 Å². The third-order valence-corrected chi connectivity index (χ3v) is 14.2. The number of para-hydroxylation sites is 2. The first-order valence-electron chi connectivity index (χ1n) is 23.7. The molecule has 2 nitrogen and oxygen atoms in total. The molecule has 0 spiro atoms. The first-order valence-corrected chi connectivity index (χ1v) is 23.7. The van der Waals surface area contributed by atoms with Crippen molar-refractivity contribution < 1.29 is 4.42 Å². The summed E-state index contributed by atoms with van der Waals surface area (Å²) in [5.41, 5.74) is 21.5. The first kappa shape index (κ1) is 40.3. The normalized spacial score (nSPS) is 12.5. The van der Waals surface area contributed by atoms with Gasteiger partial charge in [0.2, 0.25) is 0 Å². The van der Waals surface area contributed by atoms with E-state index >= 15 is 0 Å². The maximum absolute atomic E-state index is 6.20. The maximum atomic E-state index is 6.20. The average Bonchev–Trinajstić information content (AvgIpc) is 3.96. The van der Waals surface area contributed by atoms with Crippen molar-refractivity contribution in [2.75, 3.05) is 4.90 Å². The number of fused-ring (bicyclic) bond motifs is 6. The quantitative estimate of drug-likeness (QED) is 0.144. The zero-order valence-electron chi connectivity index (χ0n) is 37.8. The van der Waals surface area contributed by atoms with E-state index in [4.69, 9.17) is 4.42 Å². The Morgan fingerprint density at radius 2 is 0.783 bits per heavy atom. The van der Waals surface area contributed by atoms with Gasteiger partial charge >= 0.3 is 0 Å². The van der Waals surface area contributed by atoms with Crippen LogP contribution in [0.5, 0.6) is 0 Å². The molecule has 13 rings (SSSR count). The molecule has 0 aliphatic heterocycles. The van der Waals surface area contributed by atoms with Crippen LogP contribution < -0.4 is 4.90 Å². The largest absolute Gasteiger partial charge is 0.456 e. The van der Waals surface area contributed by atoms with Crippen molar-refractivity contribution in [3.8, 4) is 55.6 Å². The van der Waals surface area contributed by atoms with Gasteiger partial charge in [-0.2, -0.15) is 0 Å². The van der Waals surface area contributed by atoms with E-state index in [0.717, 1.165) is 66.8 Å². The molecule has 2 heteroatoms. The van der Waals surface area contributed by atoms with Crippen LogP contribution in [0.2, 0.25) is 0 Å². The van der Waals surface area contributed by atoms with E-state index in [1.54, 1.807) is 0 Å². The fourth-order valence-corrected chi connectivity index (χ4v) is 11.1. The standard InChI is InChI=1S/C67H45NO/c1-4-18-46(19-5-1)47-34-36-48(37-35-47)50-20-16-25-55(44-50)68(54-41-38-49(39-42-54)51-40-43-65-60(45-51)57-27-12-15-33-64(57)69-65)63-32-14-11-26-56(63)58-29-17-31-62-66(58)59-28-10-13-30-61(59)67(62,52-21-6-2-7-22-52)53-23-8-3-9-24-53/h1-45H. The Hall–Kier alpha value is -8.98. The van der Waals surface area contributed by atoms with Gasteiger partial charge in [-0.05, 0) is 121 Å². The zero-order valence-corrected chi connectivity index (χ0v) is 37.8. The molecule has 324 valence electrons. The topological polar surface area (TPSA) is 16.4 Å². The van der Waals surface area contributed by atoms with Crippen LogP contribution in [-0.4, -0.2) is 0 Å². The molecule has 0 saturated carbocycles. The van der Waals surface area contributed by atoms with Crippen LogP contribution in [0.3, 0.4) is 0 Å². The van der Waals surface area contributed by atoms with Gasteiger partial charge in [0.25, 0.3) is 0 Å². The van der Waals surface area contributed by atoms with Crippen LogP contribution in [0, 0.1) is 0 Å². The van der Waals surface area contributed by atoms with Crippen molar-refractivity contribution >= 4 is 39.0 Å². The van der Waals surface area contributed by atoms with Crippen LogP contribution in [0.25, 0.3) is 77.6 Å². The van der Waals surface area contributed by atoms with Crippen LogP contribution in [0.15, 0.2) is 277 Å².